The van der Waals surface area contributed by atoms with Gasteiger partial charge < -0.3 is 10.1 Å². The topological polar surface area (TPSA) is 43.8 Å². The number of hydrogen-bond acceptors (Lipinski definition) is 3. The van der Waals surface area contributed by atoms with Gasteiger partial charge in [-0.2, -0.15) is 0 Å². The minimum atomic E-state index is -0.872. The largest absolute Gasteiger partial charge is 0.477 e. The summed E-state index contributed by atoms with van der Waals surface area (Å²) >= 11 is 0. The second kappa shape index (κ2) is 2.54. The van der Waals surface area contributed by atoms with Crippen molar-refractivity contribution in [3.05, 3.63) is 11.8 Å². The van der Waals surface area contributed by atoms with Crippen molar-refractivity contribution in [2.75, 3.05) is 14.1 Å². The van der Waals surface area contributed by atoms with Gasteiger partial charge in [0.25, 0.3) is 0 Å². The highest BCUT2D eigenvalue weighted by Gasteiger charge is 2.26. The van der Waals surface area contributed by atoms with E-state index in [0.717, 1.165) is 0 Å². The van der Waals surface area contributed by atoms with Crippen LogP contribution in [0.5, 0.6) is 0 Å². The summed E-state index contributed by atoms with van der Waals surface area (Å²) in [6.07, 6.45) is 1.72. The van der Waals surface area contributed by atoms with Crippen molar-refractivity contribution in [3.63, 3.8) is 0 Å². The standard InChI is InChI=1S/C7H12N2O2/c1-5-4-6(7(10)11)9(3)8(5)2/h4-5H,1-3H3,(H,10,11). The molecule has 1 heterocycles. The second-order valence-electron chi connectivity index (χ2n) is 2.69. The average Bonchev–Trinajstić information content (AvgIpc) is 2.17. The highest BCUT2D eigenvalue weighted by atomic mass is 16.4. The fourth-order valence-corrected chi connectivity index (χ4v) is 1.10. The van der Waals surface area contributed by atoms with E-state index in [1.807, 2.05) is 19.0 Å². The van der Waals surface area contributed by atoms with Gasteiger partial charge >= 0.3 is 5.97 Å². The zero-order chi connectivity index (χ0) is 8.59. The molecule has 1 rings (SSSR count). The van der Waals surface area contributed by atoms with E-state index in [-0.39, 0.29) is 6.04 Å². The second-order valence-corrected chi connectivity index (χ2v) is 2.69. The zero-order valence-corrected chi connectivity index (χ0v) is 6.90. The first-order valence-electron chi connectivity index (χ1n) is 3.45. The molecule has 0 amide bonds. The summed E-state index contributed by atoms with van der Waals surface area (Å²) in [6, 6.07) is 0.172. The van der Waals surface area contributed by atoms with Gasteiger partial charge in [0.15, 0.2) is 0 Å². The third kappa shape index (κ3) is 1.21. The molecule has 1 atom stereocenters. The summed E-state index contributed by atoms with van der Waals surface area (Å²) in [5.41, 5.74) is 0.347. The number of carboxylic acid groups (broad SMARTS) is 1. The summed E-state index contributed by atoms with van der Waals surface area (Å²) in [5, 5.41) is 12.2. The maximum atomic E-state index is 10.6. The lowest BCUT2D eigenvalue weighted by Gasteiger charge is -2.25. The van der Waals surface area contributed by atoms with Crippen molar-refractivity contribution in [1.82, 2.24) is 10.0 Å². The number of carbonyl (C=O) groups is 1. The number of nitrogens with zero attached hydrogens (tertiary/aromatic N) is 2. The molecule has 0 spiro atoms. The molecule has 0 bridgehead atoms. The Morgan fingerprint density at radius 2 is 2.18 bits per heavy atom. The molecule has 11 heavy (non-hydrogen) atoms. The van der Waals surface area contributed by atoms with Gasteiger partial charge in [0.05, 0.1) is 0 Å². The highest BCUT2D eigenvalue weighted by Crippen LogP contribution is 2.17. The number of aliphatic carboxylic acids is 1. The summed E-state index contributed by atoms with van der Waals surface area (Å²) in [6.45, 7) is 1.95. The summed E-state index contributed by atoms with van der Waals surface area (Å²) in [7, 11) is 3.60. The van der Waals surface area contributed by atoms with Gasteiger partial charge in [-0.15, -0.1) is 0 Å². The Labute approximate surface area is 65.7 Å². The van der Waals surface area contributed by atoms with Gasteiger partial charge in [-0.1, -0.05) is 0 Å². The van der Waals surface area contributed by atoms with Crippen LogP contribution in [0.25, 0.3) is 0 Å². The van der Waals surface area contributed by atoms with Crippen molar-refractivity contribution < 1.29 is 9.90 Å². The van der Waals surface area contributed by atoms with E-state index < -0.39 is 5.97 Å². The van der Waals surface area contributed by atoms with Crippen molar-refractivity contribution in [1.29, 1.82) is 0 Å². The molecule has 1 N–H and O–H groups in total. The van der Waals surface area contributed by atoms with Gasteiger partial charge in [-0.3, -0.25) is 0 Å². The Morgan fingerprint density at radius 1 is 1.64 bits per heavy atom. The summed E-state index contributed by atoms with van der Waals surface area (Å²) in [4.78, 5) is 10.6. The van der Waals surface area contributed by atoms with E-state index in [0.29, 0.717) is 5.70 Å². The maximum Gasteiger partial charge on any atom is 0.353 e. The van der Waals surface area contributed by atoms with Crippen LogP contribution < -0.4 is 0 Å². The third-order valence-electron chi connectivity index (χ3n) is 2.03. The third-order valence-corrected chi connectivity index (χ3v) is 2.03. The molecule has 1 aliphatic rings. The number of carboxylic acids is 1. The monoisotopic (exact) mass is 156 g/mol. The Hall–Kier alpha value is -1.03. The van der Waals surface area contributed by atoms with Gasteiger partial charge in [-0.05, 0) is 13.0 Å². The van der Waals surface area contributed by atoms with Gasteiger partial charge in [-0.25, -0.2) is 9.80 Å². The number of hydrogen-bond donors (Lipinski definition) is 1. The van der Waals surface area contributed by atoms with Crippen molar-refractivity contribution >= 4 is 5.97 Å². The lowest BCUT2D eigenvalue weighted by molar-refractivity contribution is -0.135. The van der Waals surface area contributed by atoms with E-state index in [4.69, 9.17) is 5.11 Å². The first kappa shape index (κ1) is 8.07. The number of hydrazine groups is 1. The molecule has 0 aliphatic carbocycles. The molecular formula is C7H12N2O2. The van der Waals surface area contributed by atoms with Crippen LogP contribution >= 0.6 is 0 Å². The molecule has 0 saturated heterocycles. The predicted octanol–water partition coefficient (Wildman–Crippen LogP) is 0.136. The fraction of sp³-hybridized carbons (Fsp3) is 0.571. The van der Waals surface area contributed by atoms with Crippen LogP contribution in [-0.4, -0.2) is 41.2 Å². The van der Waals surface area contributed by atoms with Crippen molar-refractivity contribution in [2.45, 2.75) is 13.0 Å². The SMILES string of the molecule is CC1C=C(C(=O)O)N(C)N1C. The Balaban J connectivity index is 2.83. The molecule has 0 saturated carbocycles. The smallest absolute Gasteiger partial charge is 0.353 e. The van der Waals surface area contributed by atoms with Crippen LogP contribution in [0, 0.1) is 0 Å². The minimum Gasteiger partial charge on any atom is -0.477 e. The lowest BCUT2D eigenvalue weighted by atomic mass is 10.3. The number of likely N-dealkylation sites (N-methyl/N-ethyl adjacent to an activating group) is 2. The lowest BCUT2D eigenvalue weighted by Crippen LogP contribution is -2.36. The normalized spacial score (nSPS) is 25.5. The molecule has 0 aromatic rings. The van der Waals surface area contributed by atoms with Crippen molar-refractivity contribution in [2.24, 2.45) is 0 Å². The maximum absolute atomic E-state index is 10.6. The highest BCUT2D eigenvalue weighted by molar-refractivity contribution is 5.86. The van der Waals surface area contributed by atoms with E-state index in [2.05, 4.69) is 0 Å². The van der Waals surface area contributed by atoms with Crippen LogP contribution in [-0.2, 0) is 4.79 Å². The molecule has 0 aromatic carbocycles. The number of rotatable bonds is 1. The molecule has 0 radical (unpaired) electrons. The zero-order valence-electron chi connectivity index (χ0n) is 6.90. The molecule has 1 unspecified atom stereocenters. The van der Waals surface area contributed by atoms with Gasteiger partial charge in [0.2, 0.25) is 0 Å². The average molecular weight is 156 g/mol. The minimum absolute atomic E-state index is 0.172. The van der Waals surface area contributed by atoms with Gasteiger partial charge in [0, 0.05) is 20.1 Å². The van der Waals surface area contributed by atoms with Crippen LogP contribution in [0.4, 0.5) is 0 Å². The van der Waals surface area contributed by atoms with E-state index in [1.165, 1.54) is 0 Å². The molecule has 4 nitrogen and oxygen atoms in total. The predicted molar refractivity (Wildman–Crippen MR) is 40.7 cm³/mol. The molecule has 4 heteroatoms. The fourth-order valence-electron chi connectivity index (χ4n) is 1.10. The Kier molecular flexibility index (Phi) is 1.87. The van der Waals surface area contributed by atoms with E-state index in [1.54, 1.807) is 18.1 Å². The summed E-state index contributed by atoms with van der Waals surface area (Å²) in [5.74, 6) is -0.872. The quantitative estimate of drug-likeness (QED) is 0.586. The Bertz CT molecular complexity index is 212. The molecule has 62 valence electrons. The molecular weight excluding hydrogens is 144 g/mol. The van der Waals surface area contributed by atoms with Crippen LogP contribution in [0.3, 0.4) is 0 Å². The van der Waals surface area contributed by atoms with Gasteiger partial charge in [0.1, 0.15) is 5.70 Å². The van der Waals surface area contributed by atoms with Crippen LogP contribution in [0.2, 0.25) is 0 Å². The van der Waals surface area contributed by atoms with Crippen LogP contribution in [0.15, 0.2) is 11.8 Å². The van der Waals surface area contributed by atoms with E-state index in [9.17, 15) is 4.79 Å². The molecule has 1 aliphatic heterocycles. The molecule has 0 fully saturated rings. The van der Waals surface area contributed by atoms with Crippen LogP contribution in [0.1, 0.15) is 6.92 Å². The summed E-state index contributed by atoms with van der Waals surface area (Å²) < 4.78 is 0. The Morgan fingerprint density at radius 3 is 2.36 bits per heavy atom. The van der Waals surface area contributed by atoms with E-state index >= 15 is 0 Å². The first-order chi connectivity index (χ1) is 5.04. The van der Waals surface area contributed by atoms with Crippen molar-refractivity contribution in [3.8, 4) is 0 Å². The molecule has 0 aromatic heterocycles. The first-order valence-corrected chi connectivity index (χ1v) is 3.45.